The molecule has 0 spiro atoms. The molecule has 7 aromatic rings. The summed E-state index contributed by atoms with van der Waals surface area (Å²) in [5.74, 6) is 3.66. The van der Waals surface area contributed by atoms with Gasteiger partial charge in [-0.15, -0.1) is 11.7 Å². The van der Waals surface area contributed by atoms with Crippen molar-refractivity contribution in [2.24, 2.45) is 0 Å². The molecule has 4 aromatic heterocycles. The number of para-hydroxylation sites is 5. The van der Waals surface area contributed by atoms with Crippen molar-refractivity contribution in [1.82, 2.24) is 44.7 Å². The molecular weight excluding hydrogens is 753 g/mol. The summed E-state index contributed by atoms with van der Waals surface area (Å²) in [5, 5.41) is 13.7. The third kappa shape index (κ3) is 7.03. The number of hydrogen-bond acceptors (Lipinski definition) is 10. The fourth-order valence-corrected chi connectivity index (χ4v) is 8.80. The average Bonchev–Trinajstić information content (AvgIpc) is 4.02. The topological polar surface area (TPSA) is 110 Å². The number of aromatic nitrogens is 10. The lowest BCUT2D eigenvalue weighted by Crippen LogP contribution is -2.36. The Hall–Kier alpha value is -6.99. The van der Waals surface area contributed by atoms with Gasteiger partial charge in [0.05, 0.1) is 29.8 Å². The molecule has 1 aliphatic carbocycles. The van der Waals surface area contributed by atoms with Crippen LogP contribution >= 0.6 is 11.8 Å². The van der Waals surface area contributed by atoms with Crippen molar-refractivity contribution in [3.63, 3.8) is 0 Å². The van der Waals surface area contributed by atoms with Crippen molar-refractivity contribution in [1.29, 1.82) is 0 Å². The Morgan fingerprint density at radius 2 is 1.41 bits per heavy atom. The van der Waals surface area contributed by atoms with Crippen LogP contribution in [0, 0.1) is 0 Å². The van der Waals surface area contributed by atoms with E-state index < -0.39 is 0 Å². The van der Waals surface area contributed by atoms with E-state index in [0.717, 1.165) is 93.0 Å². The minimum atomic E-state index is 0.565. The van der Waals surface area contributed by atoms with Crippen molar-refractivity contribution in [3.8, 4) is 5.69 Å². The third-order valence-corrected chi connectivity index (χ3v) is 11.5. The van der Waals surface area contributed by atoms with Crippen LogP contribution in [0.2, 0.25) is 0 Å². The summed E-state index contributed by atoms with van der Waals surface area (Å²) in [7, 11) is 0. The second kappa shape index (κ2) is 16.5. The Bertz CT molecular complexity index is 2820. The Morgan fingerprint density at radius 1 is 0.729 bits per heavy atom. The third-order valence-electron chi connectivity index (χ3n) is 10.3. The van der Waals surface area contributed by atoms with Crippen LogP contribution in [0.25, 0.3) is 45.1 Å². The Kier molecular flexibility index (Phi) is 10.5. The van der Waals surface area contributed by atoms with Gasteiger partial charge >= 0.3 is 5.65 Å². The zero-order valence-corrected chi connectivity index (χ0v) is 33.7. The van der Waals surface area contributed by atoms with Crippen LogP contribution in [0.3, 0.4) is 0 Å². The molecule has 5 heterocycles. The molecule has 12 nitrogen and oxygen atoms in total. The van der Waals surface area contributed by atoms with Gasteiger partial charge in [0, 0.05) is 24.1 Å². The molecule has 0 unspecified atom stereocenters. The smallest absolute Gasteiger partial charge is 0.309 e. The maximum atomic E-state index is 5.11. The number of benzene rings is 3. The normalized spacial score (nSPS) is 15.5. The van der Waals surface area contributed by atoms with E-state index in [-0.39, 0.29) is 0 Å². The van der Waals surface area contributed by atoms with E-state index in [9.17, 15) is 0 Å². The lowest BCUT2D eigenvalue weighted by Gasteiger charge is -2.23. The van der Waals surface area contributed by atoms with Crippen molar-refractivity contribution < 1.29 is 4.57 Å². The molecule has 0 amide bonds. The van der Waals surface area contributed by atoms with Gasteiger partial charge in [-0.2, -0.15) is 4.68 Å². The maximum absolute atomic E-state index is 5.11. The highest BCUT2D eigenvalue weighted by Crippen LogP contribution is 2.44. The molecular formula is C46H43N12S+. The molecule has 0 fully saturated rings. The number of fused-ring (bicyclic) bond motifs is 4. The van der Waals surface area contributed by atoms with E-state index >= 15 is 0 Å². The number of thioether (sulfide) groups is 1. The van der Waals surface area contributed by atoms with Crippen LogP contribution in [0.1, 0.15) is 32.0 Å². The van der Waals surface area contributed by atoms with Crippen LogP contribution in [0.4, 0.5) is 11.6 Å². The van der Waals surface area contributed by atoms with Crippen LogP contribution in [-0.4, -0.2) is 57.8 Å². The SMILES string of the molecule is C=CCN1C(=CC=C2CCC(C=Cc3n(CC=C)c4nc5ccccc5nc4[n+]3CC=C)=C2Sc2nnnn2-c2ccccc2)N(CCC)c2nc3ccccc3nc21. The van der Waals surface area contributed by atoms with Crippen LogP contribution in [0.15, 0.2) is 162 Å². The number of rotatable bonds is 14. The Labute approximate surface area is 346 Å². The first-order valence-electron chi connectivity index (χ1n) is 19.8. The van der Waals surface area contributed by atoms with Crippen molar-refractivity contribution in [2.75, 3.05) is 22.9 Å². The molecule has 292 valence electrons. The Balaban J connectivity index is 1.18. The summed E-state index contributed by atoms with van der Waals surface area (Å²) in [5.41, 5.74) is 8.26. The molecule has 0 bridgehead atoms. The van der Waals surface area contributed by atoms with Gasteiger partial charge < -0.3 is 9.80 Å². The van der Waals surface area contributed by atoms with Gasteiger partial charge in [-0.1, -0.05) is 97.9 Å². The maximum Gasteiger partial charge on any atom is 0.323 e. The summed E-state index contributed by atoms with van der Waals surface area (Å²) in [4.78, 5) is 25.9. The molecule has 1 aliphatic heterocycles. The molecule has 2 aliphatic rings. The monoisotopic (exact) mass is 795 g/mol. The minimum absolute atomic E-state index is 0.565. The zero-order valence-electron chi connectivity index (χ0n) is 32.9. The number of hydrogen-bond donors (Lipinski definition) is 0. The van der Waals surface area contributed by atoms with E-state index in [0.29, 0.717) is 24.8 Å². The highest BCUT2D eigenvalue weighted by atomic mass is 32.2. The van der Waals surface area contributed by atoms with Crippen LogP contribution in [0.5, 0.6) is 0 Å². The molecule has 13 heteroatoms. The molecule has 0 saturated carbocycles. The number of anilines is 2. The number of tetrazole rings is 1. The van der Waals surface area contributed by atoms with E-state index in [2.05, 4.69) is 85.4 Å². The molecule has 0 radical (unpaired) electrons. The molecule has 0 saturated heterocycles. The Morgan fingerprint density at radius 3 is 2.10 bits per heavy atom. The number of allylic oxidation sites excluding steroid dienone is 7. The van der Waals surface area contributed by atoms with Crippen LogP contribution < -0.4 is 14.4 Å². The summed E-state index contributed by atoms with van der Waals surface area (Å²) in [6, 6.07) is 26.0. The minimum Gasteiger partial charge on any atom is -0.309 e. The fourth-order valence-electron chi connectivity index (χ4n) is 7.71. The second-order valence-electron chi connectivity index (χ2n) is 14.1. The van der Waals surface area contributed by atoms with Gasteiger partial charge in [0.1, 0.15) is 11.3 Å². The highest BCUT2D eigenvalue weighted by Gasteiger charge is 2.34. The molecule has 9 rings (SSSR count). The van der Waals surface area contributed by atoms with E-state index in [1.165, 1.54) is 11.1 Å². The van der Waals surface area contributed by atoms with E-state index in [4.69, 9.17) is 19.9 Å². The molecule has 0 N–H and O–H groups in total. The fraction of sp³-hybridized carbons (Fsp3) is 0.174. The van der Waals surface area contributed by atoms with Gasteiger partial charge in [-0.3, -0.25) is 0 Å². The van der Waals surface area contributed by atoms with E-state index in [1.54, 1.807) is 16.4 Å². The number of nitrogens with zero attached hydrogens (tertiary/aromatic N) is 12. The van der Waals surface area contributed by atoms with E-state index in [1.807, 2.05) is 97.1 Å². The standard InChI is InChI=1S/C46H43N12S/c1-5-28-54-39(55(29-6-2)43-42(54)47-35-18-12-13-19-36(35)48-43)26-24-32-22-23-33(41(32)59-46-51-52-53-58(46)34-16-10-9-11-17-34)25-27-40-56(30-7-3)44-45(57(40)31-8-4)50-38-21-15-14-20-37(38)49-44/h5-7,9-21,24-27H,1-3,8,22-23,28-31H2,4H3/q+1. The molecule has 59 heavy (non-hydrogen) atoms. The summed E-state index contributed by atoms with van der Waals surface area (Å²) in [6.07, 6.45) is 17.1. The largest absolute Gasteiger partial charge is 0.323 e. The van der Waals surface area contributed by atoms with Gasteiger partial charge in [-0.05, 0) is 95.1 Å². The van der Waals surface area contributed by atoms with Gasteiger partial charge in [0.15, 0.2) is 17.2 Å². The average molecular weight is 796 g/mol. The molecule has 0 atom stereocenters. The molecule has 3 aromatic carbocycles. The summed E-state index contributed by atoms with van der Waals surface area (Å²) in [6.45, 7) is 17.0. The van der Waals surface area contributed by atoms with Crippen molar-refractivity contribution in [3.05, 3.63) is 163 Å². The van der Waals surface area contributed by atoms with Gasteiger partial charge in [0.25, 0.3) is 5.65 Å². The predicted octanol–water partition coefficient (Wildman–Crippen LogP) is 8.71. The first-order valence-corrected chi connectivity index (χ1v) is 20.6. The lowest BCUT2D eigenvalue weighted by molar-refractivity contribution is -0.665. The summed E-state index contributed by atoms with van der Waals surface area (Å²) < 4.78 is 6.13. The highest BCUT2D eigenvalue weighted by molar-refractivity contribution is 8.03. The number of imidazole rings is 1. The first kappa shape index (κ1) is 37.6. The quantitative estimate of drug-likeness (QED) is 0.0783. The first-order chi connectivity index (χ1) is 29.1. The van der Waals surface area contributed by atoms with Crippen molar-refractivity contribution in [2.45, 2.75) is 44.4 Å². The van der Waals surface area contributed by atoms with Gasteiger partial charge in [0.2, 0.25) is 11.0 Å². The predicted molar refractivity (Wildman–Crippen MR) is 237 cm³/mol. The van der Waals surface area contributed by atoms with Crippen molar-refractivity contribution >= 4 is 62.8 Å². The second-order valence-corrected chi connectivity index (χ2v) is 15.1. The zero-order chi connectivity index (χ0) is 40.3. The van der Waals surface area contributed by atoms with Gasteiger partial charge in [-0.25, -0.2) is 24.1 Å². The lowest BCUT2D eigenvalue weighted by atomic mass is 10.2. The summed E-state index contributed by atoms with van der Waals surface area (Å²) >= 11 is 1.58. The van der Waals surface area contributed by atoms with Crippen LogP contribution in [-0.2, 0) is 13.1 Å².